The van der Waals surface area contributed by atoms with E-state index >= 15 is 0 Å². The highest BCUT2D eigenvalue weighted by Gasteiger charge is 2.28. The first-order valence-electron chi connectivity index (χ1n) is 6.44. The van der Waals surface area contributed by atoms with Gasteiger partial charge < -0.3 is 5.32 Å². The number of hydrogen-bond acceptors (Lipinski definition) is 3. The van der Waals surface area contributed by atoms with Crippen molar-refractivity contribution in [1.29, 1.82) is 0 Å². The molecule has 18 heavy (non-hydrogen) atoms. The quantitative estimate of drug-likeness (QED) is 0.803. The second-order valence-corrected chi connectivity index (χ2v) is 6.86. The van der Waals surface area contributed by atoms with Gasteiger partial charge in [-0.3, -0.25) is 5.43 Å². The smallest absolute Gasteiger partial charge is 0.0515 e. The van der Waals surface area contributed by atoms with Crippen LogP contribution in [0.5, 0.6) is 0 Å². The van der Waals surface area contributed by atoms with E-state index in [-0.39, 0.29) is 5.54 Å². The fourth-order valence-electron chi connectivity index (χ4n) is 2.19. The van der Waals surface area contributed by atoms with Crippen LogP contribution in [0.25, 0.3) is 0 Å². The molecule has 1 aromatic rings. The summed E-state index contributed by atoms with van der Waals surface area (Å²) in [5, 5.41) is 3.59. The first-order valence-corrected chi connectivity index (χ1v) is 7.24. The average Bonchev–Trinajstić information content (AvgIpc) is 2.75. The van der Waals surface area contributed by atoms with E-state index in [4.69, 9.17) is 0 Å². The van der Waals surface area contributed by atoms with Gasteiger partial charge in [-0.1, -0.05) is 28.1 Å². The van der Waals surface area contributed by atoms with Crippen LogP contribution in [0.15, 0.2) is 28.7 Å². The van der Waals surface area contributed by atoms with E-state index in [0.717, 1.165) is 17.6 Å². The molecule has 0 bridgehead atoms. The molecule has 100 valence electrons. The average molecular weight is 312 g/mol. The zero-order valence-electron chi connectivity index (χ0n) is 11.3. The molecular formula is C14H22BrN3. The van der Waals surface area contributed by atoms with Crippen molar-refractivity contribution in [1.82, 2.24) is 16.2 Å². The van der Waals surface area contributed by atoms with E-state index < -0.39 is 0 Å². The second-order valence-electron chi connectivity index (χ2n) is 5.95. The Kier molecular flexibility index (Phi) is 4.43. The number of hydrazine groups is 1. The minimum Gasteiger partial charge on any atom is -0.312 e. The van der Waals surface area contributed by atoms with Crippen molar-refractivity contribution in [2.75, 3.05) is 13.1 Å². The van der Waals surface area contributed by atoms with Gasteiger partial charge in [0.05, 0.1) is 6.04 Å². The zero-order chi connectivity index (χ0) is 13.2. The van der Waals surface area contributed by atoms with Gasteiger partial charge in [0.15, 0.2) is 0 Å². The minimum absolute atomic E-state index is 0.173. The Balaban J connectivity index is 2.01. The lowest BCUT2D eigenvalue weighted by molar-refractivity contribution is 0.359. The molecule has 1 heterocycles. The molecule has 0 aromatic heterocycles. The Morgan fingerprint density at radius 2 is 1.94 bits per heavy atom. The van der Waals surface area contributed by atoms with Crippen LogP contribution in [0, 0.1) is 5.92 Å². The summed E-state index contributed by atoms with van der Waals surface area (Å²) < 4.78 is 1.13. The topological polar surface area (TPSA) is 36.1 Å². The van der Waals surface area contributed by atoms with Crippen molar-refractivity contribution >= 4 is 15.9 Å². The van der Waals surface area contributed by atoms with Crippen LogP contribution >= 0.6 is 15.9 Å². The lowest BCUT2D eigenvalue weighted by Gasteiger charge is -2.25. The van der Waals surface area contributed by atoms with Crippen LogP contribution in [-0.2, 0) is 0 Å². The maximum absolute atomic E-state index is 3.59. The molecule has 2 unspecified atom stereocenters. The molecule has 1 saturated heterocycles. The van der Waals surface area contributed by atoms with Gasteiger partial charge in [-0.15, -0.1) is 0 Å². The first-order chi connectivity index (χ1) is 8.46. The second kappa shape index (κ2) is 5.70. The summed E-state index contributed by atoms with van der Waals surface area (Å²) in [6.45, 7) is 8.64. The summed E-state index contributed by atoms with van der Waals surface area (Å²) in [6.07, 6.45) is 0. The van der Waals surface area contributed by atoms with Gasteiger partial charge in [0, 0.05) is 29.0 Å². The van der Waals surface area contributed by atoms with Crippen LogP contribution in [0.1, 0.15) is 32.4 Å². The number of hydrogen-bond donors (Lipinski definition) is 3. The van der Waals surface area contributed by atoms with Gasteiger partial charge in [0.2, 0.25) is 0 Å². The van der Waals surface area contributed by atoms with Gasteiger partial charge in [-0.05, 0) is 38.5 Å². The molecule has 0 saturated carbocycles. The lowest BCUT2D eigenvalue weighted by Crippen LogP contribution is -2.40. The van der Waals surface area contributed by atoms with Crippen molar-refractivity contribution in [2.24, 2.45) is 5.92 Å². The summed E-state index contributed by atoms with van der Waals surface area (Å²) in [5.41, 5.74) is 8.15. The fourth-order valence-corrected chi connectivity index (χ4v) is 2.45. The van der Waals surface area contributed by atoms with Crippen molar-refractivity contribution in [3.63, 3.8) is 0 Å². The van der Waals surface area contributed by atoms with Crippen LogP contribution < -0.4 is 16.2 Å². The molecule has 2 atom stereocenters. The number of halogens is 1. The number of rotatable bonds is 3. The summed E-state index contributed by atoms with van der Waals surface area (Å²) in [4.78, 5) is 0. The van der Waals surface area contributed by atoms with E-state index in [2.05, 4.69) is 77.1 Å². The van der Waals surface area contributed by atoms with Gasteiger partial charge in [-0.25, -0.2) is 5.43 Å². The Morgan fingerprint density at radius 3 is 2.56 bits per heavy atom. The Hall–Kier alpha value is -0.420. The maximum Gasteiger partial charge on any atom is 0.0515 e. The third-order valence-electron chi connectivity index (χ3n) is 3.22. The predicted octanol–water partition coefficient (Wildman–Crippen LogP) is 2.60. The summed E-state index contributed by atoms with van der Waals surface area (Å²) in [6, 6.07) is 8.94. The highest BCUT2D eigenvalue weighted by molar-refractivity contribution is 9.10. The van der Waals surface area contributed by atoms with Gasteiger partial charge in [0.1, 0.15) is 0 Å². The summed E-state index contributed by atoms with van der Waals surface area (Å²) in [5.74, 6) is 0.574. The molecule has 0 spiro atoms. The molecule has 0 radical (unpaired) electrons. The number of nitrogens with one attached hydrogen (secondary N) is 3. The standard InChI is InChI=1S/C14H22BrN3/c1-14(2,3)16-8-11-9-17-18-13(11)10-4-6-12(15)7-5-10/h4-7,11,13,16-18H,8-9H2,1-3H3. The van der Waals surface area contributed by atoms with Gasteiger partial charge >= 0.3 is 0 Å². The monoisotopic (exact) mass is 311 g/mol. The van der Waals surface area contributed by atoms with E-state index in [9.17, 15) is 0 Å². The van der Waals surface area contributed by atoms with E-state index in [0.29, 0.717) is 12.0 Å². The van der Waals surface area contributed by atoms with Crippen molar-refractivity contribution in [3.8, 4) is 0 Å². The molecule has 0 aliphatic carbocycles. The fraction of sp³-hybridized carbons (Fsp3) is 0.571. The molecule has 4 heteroatoms. The lowest BCUT2D eigenvalue weighted by atomic mass is 9.94. The largest absolute Gasteiger partial charge is 0.312 e. The molecule has 1 aromatic carbocycles. The van der Waals surface area contributed by atoms with Gasteiger partial charge in [-0.2, -0.15) is 0 Å². The van der Waals surface area contributed by atoms with E-state index in [1.165, 1.54) is 5.56 Å². The molecule has 1 aliphatic heterocycles. The third-order valence-corrected chi connectivity index (χ3v) is 3.75. The Labute approximate surface area is 118 Å². The predicted molar refractivity (Wildman–Crippen MR) is 79.3 cm³/mol. The Morgan fingerprint density at radius 1 is 1.28 bits per heavy atom. The third kappa shape index (κ3) is 3.79. The van der Waals surface area contributed by atoms with Crippen LogP contribution in [0.2, 0.25) is 0 Å². The molecule has 0 amide bonds. The van der Waals surface area contributed by atoms with Crippen molar-refractivity contribution in [2.45, 2.75) is 32.4 Å². The zero-order valence-corrected chi connectivity index (χ0v) is 12.8. The minimum atomic E-state index is 0.173. The molecule has 1 aliphatic rings. The summed E-state index contributed by atoms with van der Waals surface area (Å²) >= 11 is 3.48. The van der Waals surface area contributed by atoms with Crippen LogP contribution in [0.4, 0.5) is 0 Å². The molecule has 3 N–H and O–H groups in total. The molecule has 1 fully saturated rings. The summed E-state index contributed by atoms with van der Waals surface area (Å²) in [7, 11) is 0. The first kappa shape index (κ1) is 14.0. The van der Waals surface area contributed by atoms with Crippen molar-refractivity contribution < 1.29 is 0 Å². The maximum atomic E-state index is 3.59. The SMILES string of the molecule is CC(C)(C)NCC1CNNC1c1ccc(Br)cc1. The van der Waals surface area contributed by atoms with Gasteiger partial charge in [0.25, 0.3) is 0 Å². The highest BCUT2D eigenvalue weighted by atomic mass is 79.9. The molecule has 3 nitrogen and oxygen atoms in total. The molecular weight excluding hydrogens is 290 g/mol. The van der Waals surface area contributed by atoms with Crippen LogP contribution in [0.3, 0.4) is 0 Å². The van der Waals surface area contributed by atoms with E-state index in [1.54, 1.807) is 0 Å². The highest BCUT2D eigenvalue weighted by Crippen LogP contribution is 2.26. The normalized spacial score (nSPS) is 24.4. The van der Waals surface area contributed by atoms with Crippen molar-refractivity contribution in [3.05, 3.63) is 34.3 Å². The molecule has 2 rings (SSSR count). The number of benzene rings is 1. The van der Waals surface area contributed by atoms with E-state index in [1.807, 2.05) is 0 Å². The van der Waals surface area contributed by atoms with Crippen LogP contribution in [-0.4, -0.2) is 18.6 Å². The Bertz CT molecular complexity index is 383.